The topological polar surface area (TPSA) is 41.1 Å². The van der Waals surface area contributed by atoms with Crippen LogP contribution in [0.4, 0.5) is 0 Å². The highest BCUT2D eigenvalue weighted by Gasteiger charge is 2.56. The number of amides is 1. The monoisotopic (exact) mass is 348 g/mol. The van der Waals surface area contributed by atoms with Crippen LogP contribution in [0.25, 0.3) is 0 Å². The van der Waals surface area contributed by atoms with Crippen molar-refractivity contribution in [1.29, 1.82) is 0 Å². The van der Waals surface area contributed by atoms with E-state index in [1.54, 1.807) is 6.92 Å². The van der Waals surface area contributed by atoms with Crippen molar-refractivity contribution in [3.05, 3.63) is 33.8 Å². The van der Waals surface area contributed by atoms with Crippen molar-refractivity contribution < 1.29 is 4.79 Å². The van der Waals surface area contributed by atoms with E-state index in [9.17, 15) is 4.79 Å². The van der Waals surface area contributed by atoms with Crippen LogP contribution < -0.4 is 10.6 Å². The Bertz CT molecular complexity index is 676. The number of halogens is 1. The molecule has 1 heterocycles. The average Bonchev–Trinajstić information content (AvgIpc) is 2.70. The van der Waals surface area contributed by atoms with E-state index in [4.69, 9.17) is 11.6 Å². The molecule has 1 aromatic carbocycles. The summed E-state index contributed by atoms with van der Waals surface area (Å²) in [5.74, 6) is 0.0206. The predicted octanol–water partition coefficient (Wildman–Crippen LogP) is 3.85. The number of benzene rings is 1. The summed E-state index contributed by atoms with van der Waals surface area (Å²) in [4.78, 5) is 11.8. The van der Waals surface area contributed by atoms with Crippen LogP contribution in [0, 0.1) is 6.92 Å². The lowest BCUT2D eigenvalue weighted by atomic mass is 9.65. The molecular weight excluding hydrogens is 320 g/mol. The first-order valence-corrected chi connectivity index (χ1v) is 9.30. The highest BCUT2D eigenvalue weighted by Crippen LogP contribution is 2.58. The van der Waals surface area contributed by atoms with E-state index in [1.807, 2.05) is 0 Å². The molecule has 24 heavy (non-hydrogen) atoms. The van der Waals surface area contributed by atoms with E-state index < -0.39 is 0 Å². The number of hydrogen-bond donors (Lipinski definition) is 2. The van der Waals surface area contributed by atoms with Crippen LogP contribution in [-0.2, 0) is 15.6 Å². The van der Waals surface area contributed by atoms with Crippen LogP contribution in [0.3, 0.4) is 0 Å². The number of carbonyl (C=O) groups excluding carboxylic acids is 1. The molecule has 3 rings (SSSR count). The first-order valence-electron chi connectivity index (χ1n) is 8.92. The van der Waals surface area contributed by atoms with E-state index in [0.29, 0.717) is 0 Å². The molecule has 1 spiro atoms. The van der Waals surface area contributed by atoms with Gasteiger partial charge in [-0.3, -0.25) is 4.79 Å². The average molecular weight is 349 g/mol. The Morgan fingerprint density at radius 1 is 1.25 bits per heavy atom. The second kappa shape index (κ2) is 5.74. The second-order valence-electron chi connectivity index (χ2n) is 8.49. The zero-order valence-electron chi connectivity index (χ0n) is 15.5. The molecule has 1 amide bonds. The van der Waals surface area contributed by atoms with E-state index in [0.717, 1.165) is 42.9 Å². The number of hydrogen-bond acceptors (Lipinski definition) is 2. The normalized spacial score (nSPS) is 25.6. The maximum absolute atomic E-state index is 11.8. The summed E-state index contributed by atoms with van der Waals surface area (Å²) >= 11 is 6.50. The van der Waals surface area contributed by atoms with Crippen LogP contribution in [-0.4, -0.2) is 24.5 Å². The van der Waals surface area contributed by atoms with Crippen LogP contribution in [0.5, 0.6) is 0 Å². The van der Waals surface area contributed by atoms with Crippen LogP contribution in [0.1, 0.15) is 63.6 Å². The molecule has 2 aliphatic rings. The molecule has 132 valence electrons. The molecule has 1 atom stereocenters. The summed E-state index contributed by atoms with van der Waals surface area (Å²) in [6.07, 6.45) is 3.35. The smallest absolute Gasteiger partial charge is 0.217 e. The fourth-order valence-corrected chi connectivity index (χ4v) is 5.09. The lowest BCUT2D eigenvalue weighted by Crippen LogP contribution is -2.57. The van der Waals surface area contributed by atoms with Gasteiger partial charge in [0.15, 0.2) is 0 Å². The Balaban J connectivity index is 2.18. The van der Waals surface area contributed by atoms with Gasteiger partial charge in [-0.25, -0.2) is 0 Å². The van der Waals surface area contributed by atoms with Crippen LogP contribution in [0.15, 0.2) is 12.1 Å². The van der Waals surface area contributed by atoms with Crippen LogP contribution in [0.2, 0.25) is 5.02 Å². The summed E-state index contributed by atoms with van der Waals surface area (Å²) in [7, 11) is 0. The first-order chi connectivity index (χ1) is 11.1. The summed E-state index contributed by atoms with van der Waals surface area (Å²) in [6, 6.07) is 4.46. The van der Waals surface area contributed by atoms with Crippen molar-refractivity contribution >= 4 is 17.5 Å². The van der Waals surface area contributed by atoms with Gasteiger partial charge in [0.1, 0.15) is 0 Å². The number of fused-ring (bicyclic) bond motifs is 2. The number of aryl methyl sites for hydroxylation is 1. The van der Waals surface area contributed by atoms with Gasteiger partial charge in [-0.15, -0.1) is 0 Å². The Hall–Kier alpha value is -1.06. The van der Waals surface area contributed by atoms with Crippen LogP contribution >= 0.6 is 11.6 Å². The van der Waals surface area contributed by atoms with E-state index >= 15 is 0 Å². The molecule has 0 aromatic heterocycles. The Morgan fingerprint density at radius 3 is 2.46 bits per heavy atom. The maximum atomic E-state index is 11.8. The maximum Gasteiger partial charge on any atom is 0.217 e. The highest BCUT2D eigenvalue weighted by molar-refractivity contribution is 6.31. The molecule has 3 nitrogen and oxygen atoms in total. The van der Waals surface area contributed by atoms with Crippen molar-refractivity contribution in [1.82, 2.24) is 10.6 Å². The van der Waals surface area contributed by atoms with Crippen molar-refractivity contribution in [2.45, 2.75) is 70.3 Å². The minimum atomic E-state index is -0.333. The molecule has 1 fully saturated rings. The summed E-state index contributed by atoms with van der Waals surface area (Å²) in [5.41, 5.74) is 3.64. The van der Waals surface area contributed by atoms with Gasteiger partial charge in [-0.05, 0) is 81.3 Å². The lowest BCUT2D eigenvalue weighted by Gasteiger charge is -2.45. The number of carbonyl (C=O) groups is 1. The molecule has 1 aromatic rings. The minimum absolute atomic E-state index is 0.0206. The zero-order valence-corrected chi connectivity index (χ0v) is 16.2. The fraction of sp³-hybridized carbons (Fsp3) is 0.650. The largest absolute Gasteiger partial charge is 0.351 e. The molecular formula is C20H29ClN2O. The molecule has 2 N–H and O–H groups in total. The third kappa shape index (κ3) is 2.57. The summed E-state index contributed by atoms with van der Waals surface area (Å²) < 4.78 is 0. The summed E-state index contributed by atoms with van der Waals surface area (Å²) in [6.45, 7) is 12.4. The summed E-state index contributed by atoms with van der Waals surface area (Å²) in [5, 5.41) is 7.52. The van der Waals surface area contributed by atoms with Gasteiger partial charge >= 0.3 is 0 Å². The minimum Gasteiger partial charge on any atom is -0.351 e. The molecule has 0 saturated carbocycles. The van der Waals surface area contributed by atoms with Gasteiger partial charge in [-0.2, -0.15) is 0 Å². The van der Waals surface area contributed by atoms with Crippen molar-refractivity contribution in [2.75, 3.05) is 13.1 Å². The fourth-order valence-electron chi connectivity index (χ4n) is 4.93. The molecule has 0 bridgehead atoms. The van der Waals surface area contributed by atoms with Gasteiger partial charge in [0.25, 0.3) is 0 Å². The predicted molar refractivity (Wildman–Crippen MR) is 99.8 cm³/mol. The lowest BCUT2D eigenvalue weighted by molar-refractivity contribution is -0.121. The Kier molecular flexibility index (Phi) is 4.25. The molecule has 1 saturated heterocycles. The standard InChI is InChI=1S/C20H29ClN2O/c1-13-10-16-15(11-17(13)21)19(5,18(3,4)23-14(2)24)12-20(16)6-8-22-9-7-20/h10-11,22H,6-9,12H2,1-5H3,(H,23,24). The first kappa shape index (κ1) is 17.8. The Morgan fingerprint density at radius 2 is 1.88 bits per heavy atom. The molecule has 1 aliphatic carbocycles. The Labute approximate surface area is 150 Å². The quantitative estimate of drug-likeness (QED) is 0.852. The van der Waals surface area contributed by atoms with Crippen molar-refractivity contribution in [2.24, 2.45) is 0 Å². The molecule has 4 heteroatoms. The number of piperidine rings is 1. The van der Waals surface area contributed by atoms with E-state index in [2.05, 4.69) is 50.5 Å². The highest BCUT2D eigenvalue weighted by atomic mass is 35.5. The molecule has 1 aliphatic heterocycles. The van der Waals surface area contributed by atoms with Crippen molar-refractivity contribution in [3.8, 4) is 0 Å². The van der Waals surface area contributed by atoms with Gasteiger partial charge in [0, 0.05) is 22.9 Å². The second-order valence-corrected chi connectivity index (χ2v) is 8.90. The van der Waals surface area contributed by atoms with Gasteiger partial charge in [0.05, 0.1) is 0 Å². The van der Waals surface area contributed by atoms with Gasteiger partial charge < -0.3 is 10.6 Å². The molecule has 1 unspecified atom stereocenters. The zero-order chi connectivity index (χ0) is 17.8. The molecule has 0 radical (unpaired) electrons. The number of rotatable bonds is 2. The number of nitrogens with one attached hydrogen (secondary N) is 2. The van der Waals surface area contributed by atoms with Gasteiger partial charge in [0.2, 0.25) is 5.91 Å². The van der Waals surface area contributed by atoms with Gasteiger partial charge in [-0.1, -0.05) is 24.6 Å². The third-order valence-electron chi connectivity index (χ3n) is 6.59. The third-order valence-corrected chi connectivity index (χ3v) is 6.99. The van der Waals surface area contributed by atoms with E-state index in [1.165, 1.54) is 11.1 Å². The van der Waals surface area contributed by atoms with E-state index in [-0.39, 0.29) is 22.3 Å². The van der Waals surface area contributed by atoms with Crippen molar-refractivity contribution in [3.63, 3.8) is 0 Å². The SMILES string of the molecule is CC(=O)NC(C)(C)C1(C)CC2(CCNCC2)c2cc(C)c(Cl)cc21.